The lowest BCUT2D eigenvalue weighted by molar-refractivity contribution is -0.150. The molecule has 2 heterocycles. The van der Waals surface area contributed by atoms with E-state index in [2.05, 4.69) is 5.32 Å². The molecule has 1 aromatic carbocycles. The van der Waals surface area contributed by atoms with Crippen LogP contribution in [-0.2, 0) is 25.5 Å². The Labute approximate surface area is 151 Å². The number of para-hydroxylation sites is 1. The van der Waals surface area contributed by atoms with E-state index in [4.69, 9.17) is 4.74 Å². The number of carbonyl (C=O) groups is 4. The number of amides is 4. The minimum Gasteiger partial charge on any atom is -0.454 e. The van der Waals surface area contributed by atoms with Gasteiger partial charge in [-0.2, -0.15) is 0 Å². The van der Waals surface area contributed by atoms with Crippen molar-refractivity contribution in [3.8, 4) is 0 Å². The molecule has 1 saturated heterocycles. The maximum Gasteiger partial charge on any atom is 0.326 e. The second-order valence-electron chi connectivity index (χ2n) is 7.05. The molecule has 2 aliphatic heterocycles. The highest BCUT2D eigenvalue weighted by Gasteiger charge is 2.45. The van der Waals surface area contributed by atoms with Gasteiger partial charge in [0.25, 0.3) is 11.8 Å². The maximum atomic E-state index is 12.5. The molecular weight excluding hydrogens is 338 g/mol. The van der Waals surface area contributed by atoms with Crippen LogP contribution in [0.3, 0.4) is 0 Å². The molecule has 8 heteroatoms. The van der Waals surface area contributed by atoms with Gasteiger partial charge < -0.3 is 15.0 Å². The molecule has 0 bridgehead atoms. The number of benzene rings is 1. The topological polar surface area (TPSA) is 96.0 Å². The number of carbonyl (C=O) groups excluding carboxylic acids is 4. The molecule has 0 radical (unpaired) electrons. The number of nitrogens with one attached hydrogen (secondary N) is 1. The number of rotatable bonds is 4. The smallest absolute Gasteiger partial charge is 0.326 e. The fourth-order valence-electron chi connectivity index (χ4n) is 3.29. The van der Waals surface area contributed by atoms with Gasteiger partial charge in [-0.05, 0) is 38.8 Å². The Morgan fingerprint density at radius 3 is 2.62 bits per heavy atom. The monoisotopic (exact) mass is 359 g/mol. The van der Waals surface area contributed by atoms with Crippen LogP contribution < -0.4 is 10.2 Å². The third-order valence-electron chi connectivity index (χ3n) is 4.56. The van der Waals surface area contributed by atoms with Gasteiger partial charge in [-0.3, -0.25) is 19.3 Å². The Balaban J connectivity index is 1.58. The molecular formula is C18H21N3O5. The fraction of sp³-hybridized carbons (Fsp3) is 0.444. The van der Waals surface area contributed by atoms with Crippen LogP contribution >= 0.6 is 0 Å². The van der Waals surface area contributed by atoms with Gasteiger partial charge in [-0.1, -0.05) is 18.2 Å². The Morgan fingerprint density at radius 1 is 1.27 bits per heavy atom. The third-order valence-corrected chi connectivity index (χ3v) is 4.56. The van der Waals surface area contributed by atoms with Crippen molar-refractivity contribution in [2.24, 2.45) is 0 Å². The first kappa shape index (κ1) is 17.9. The average Bonchev–Trinajstić information content (AvgIpc) is 3.00. The Bertz CT molecular complexity index is 789. The van der Waals surface area contributed by atoms with Crippen molar-refractivity contribution >= 4 is 29.5 Å². The van der Waals surface area contributed by atoms with Gasteiger partial charge in [-0.15, -0.1) is 0 Å². The first-order valence-corrected chi connectivity index (χ1v) is 8.40. The molecule has 1 N–H and O–H groups in total. The quantitative estimate of drug-likeness (QED) is 0.635. The molecule has 0 saturated carbocycles. The molecule has 138 valence electrons. The van der Waals surface area contributed by atoms with Gasteiger partial charge >= 0.3 is 12.0 Å². The predicted molar refractivity (Wildman–Crippen MR) is 92.4 cm³/mol. The van der Waals surface area contributed by atoms with E-state index in [9.17, 15) is 19.2 Å². The van der Waals surface area contributed by atoms with Crippen molar-refractivity contribution in [2.45, 2.75) is 38.8 Å². The molecule has 0 aromatic heterocycles. The van der Waals surface area contributed by atoms with Crippen molar-refractivity contribution < 1.29 is 23.9 Å². The van der Waals surface area contributed by atoms with Gasteiger partial charge in [0.2, 0.25) is 0 Å². The van der Waals surface area contributed by atoms with Crippen LogP contribution in [-0.4, -0.2) is 53.4 Å². The van der Waals surface area contributed by atoms with Crippen LogP contribution in [0.1, 0.15) is 26.3 Å². The number of urea groups is 1. The molecule has 0 unspecified atom stereocenters. The van der Waals surface area contributed by atoms with Crippen molar-refractivity contribution in [1.82, 2.24) is 10.2 Å². The van der Waals surface area contributed by atoms with Gasteiger partial charge in [0, 0.05) is 11.7 Å². The van der Waals surface area contributed by atoms with Gasteiger partial charge in [0.05, 0.1) is 0 Å². The summed E-state index contributed by atoms with van der Waals surface area (Å²) in [6.45, 7) is 4.07. The van der Waals surface area contributed by atoms with Gasteiger partial charge in [-0.25, -0.2) is 4.79 Å². The number of anilines is 1. The second-order valence-corrected chi connectivity index (χ2v) is 7.05. The summed E-state index contributed by atoms with van der Waals surface area (Å²) >= 11 is 0. The summed E-state index contributed by atoms with van der Waals surface area (Å²) in [4.78, 5) is 50.7. The normalized spacial score (nSPS) is 20.8. The van der Waals surface area contributed by atoms with Crippen LogP contribution in [0.5, 0.6) is 0 Å². The van der Waals surface area contributed by atoms with Crippen LogP contribution in [0.25, 0.3) is 0 Å². The van der Waals surface area contributed by atoms with Gasteiger partial charge in [0.1, 0.15) is 12.1 Å². The Morgan fingerprint density at radius 2 is 1.96 bits per heavy atom. The predicted octanol–water partition coefficient (Wildman–Crippen LogP) is 0.838. The van der Waals surface area contributed by atoms with Crippen LogP contribution in [0.4, 0.5) is 10.5 Å². The SMILES string of the molecule is C[C@H]1Cc2ccccc2N1C(=O)COC(=O)CN1C(=O)NC(C)(C)C1=O. The average molecular weight is 359 g/mol. The zero-order valence-corrected chi connectivity index (χ0v) is 14.9. The first-order valence-electron chi connectivity index (χ1n) is 8.40. The highest BCUT2D eigenvalue weighted by Crippen LogP contribution is 2.31. The maximum absolute atomic E-state index is 12.5. The minimum atomic E-state index is -1.05. The van der Waals surface area contributed by atoms with Crippen molar-refractivity contribution in [3.05, 3.63) is 29.8 Å². The second kappa shape index (κ2) is 6.44. The molecule has 1 aromatic rings. The first-order chi connectivity index (χ1) is 12.2. The standard InChI is InChI=1S/C18H21N3O5/c1-11-8-12-6-4-5-7-13(12)21(11)14(22)10-26-15(23)9-20-16(24)18(2,3)19-17(20)25/h4-7,11H,8-10H2,1-3H3,(H,19,25)/t11-/m0/s1. The van der Waals surface area contributed by atoms with E-state index in [1.807, 2.05) is 31.2 Å². The van der Waals surface area contributed by atoms with Gasteiger partial charge in [0.15, 0.2) is 6.61 Å². The summed E-state index contributed by atoms with van der Waals surface area (Å²) < 4.78 is 5.00. The zero-order chi connectivity index (χ0) is 19.1. The number of fused-ring (bicyclic) bond motifs is 1. The third kappa shape index (κ3) is 3.14. The van der Waals surface area contributed by atoms with Crippen LogP contribution in [0.2, 0.25) is 0 Å². The number of nitrogens with zero attached hydrogens (tertiary/aromatic N) is 2. The summed E-state index contributed by atoms with van der Waals surface area (Å²) in [6.07, 6.45) is 0.743. The molecule has 2 aliphatic rings. The summed E-state index contributed by atoms with van der Waals surface area (Å²) in [5.74, 6) is -1.65. The Kier molecular flexibility index (Phi) is 4.43. The summed E-state index contributed by atoms with van der Waals surface area (Å²) in [5.41, 5.74) is 0.833. The molecule has 0 spiro atoms. The van der Waals surface area contributed by atoms with E-state index < -0.39 is 36.6 Å². The number of esters is 1. The van der Waals surface area contributed by atoms with Crippen molar-refractivity contribution in [2.75, 3.05) is 18.1 Å². The van der Waals surface area contributed by atoms with E-state index in [1.54, 1.807) is 18.7 Å². The van der Waals surface area contributed by atoms with Crippen molar-refractivity contribution in [3.63, 3.8) is 0 Å². The molecule has 4 amide bonds. The summed E-state index contributed by atoms with van der Waals surface area (Å²) in [5, 5.41) is 2.48. The fourth-order valence-corrected chi connectivity index (χ4v) is 3.29. The van der Waals surface area contributed by atoms with Crippen LogP contribution in [0, 0.1) is 0 Å². The molecule has 26 heavy (non-hydrogen) atoms. The lowest BCUT2D eigenvalue weighted by atomic mass is 10.1. The number of ether oxygens (including phenoxy) is 1. The van der Waals surface area contributed by atoms with E-state index in [1.165, 1.54) is 0 Å². The van der Waals surface area contributed by atoms with E-state index in [-0.39, 0.29) is 11.9 Å². The summed E-state index contributed by atoms with van der Waals surface area (Å²) in [7, 11) is 0. The van der Waals surface area contributed by atoms with E-state index in [0.717, 1.165) is 22.6 Å². The molecule has 8 nitrogen and oxygen atoms in total. The molecule has 0 aliphatic carbocycles. The number of hydrogen-bond acceptors (Lipinski definition) is 5. The minimum absolute atomic E-state index is 0.0228. The Hall–Kier alpha value is -2.90. The number of imide groups is 1. The molecule has 3 rings (SSSR count). The van der Waals surface area contributed by atoms with E-state index >= 15 is 0 Å². The highest BCUT2D eigenvalue weighted by molar-refractivity contribution is 6.08. The molecule has 1 fully saturated rings. The van der Waals surface area contributed by atoms with Crippen molar-refractivity contribution in [1.29, 1.82) is 0 Å². The highest BCUT2D eigenvalue weighted by atomic mass is 16.5. The van der Waals surface area contributed by atoms with Crippen LogP contribution in [0.15, 0.2) is 24.3 Å². The lowest BCUT2D eigenvalue weighted by Gasteiger charge is -2.22. The number of hydrogen-bond donors (Lipinski definition) is 1. The largest absolute Gasteiger partial charge is 0.454 e. The van der Waals surface area contributed by atoms with E-state index in [0.29, 0.717) is 0 Å². The lowest BCUT2D eigenvalue weighted by Crippen LogP contribution is -2.42. The zero-order valence-electron chi connectivity index (χ0n) is 14.9. The molecule has 1 atom stereocenters. The summed E-state index contributed by atoms with van der Waals surface area (Å²) in [6, 6.07) is 6.91.